The van der Waals surface area contributed by atoms with Gasteiger partial charge in [-0.1, -0.05) is 30.3 Å². The SMILES string of the molecule is [C-]#[N+]c1ccc(-c2ccc(C#N)c(C)c2)c2oc3c(-c4cccc[n+]4C)c(C)ccc3c12. The summed E-state index contributed by atoms with van der Waals surface area (Å²) in [4.78, 5) is 3.78. The molecule has 152 valence electrons. The molecule has 0 amide bonds. The lowest BCUT2D eigenvalue weighted by Crippen LogP contribution is -2.30. The first-order chi connectivity index (χ1) is 15.5. The van der Waals surface area contributed by atoms with Gasteiger partial charge in [0.2, 0.25) is 5.69 Å². The van der Waals surface area contributed by atoms with Crippen LogP contribution in [-0.2, 0) is 7.05 Å². The zero-order valence-electron chi connectivity index (χ0n) is 18.1. The molecule has 0 aliphatic carbocycles. The quantitative estimate of drug-likeness (QED) is 0.236. The van der Waals surface area contributed by atoms with Crippen LogP contribution in [0.1, 0.15) is 16.7 Å². The highest BCUT2D eigenvalue weighted by Gasteiger charge is 2.23. The third kappa shape index (κ3) is 2.86. The van der Waals surface area contributed by atoms with E-state index in [1.807, 2.05) is 68.7 Å². The van der Waals surface area contributed by atoms with Crippen LogP contribution in [0, 0.1) is 31.8 Å². The molecule has 2 heterocycles. The van der Waals surface area contributed by atoms with Gasteiger partial charge >= 0.3 is 0 Å². The molecule has 0 N–H and O–H groups in total. The van der Waals surface area contributed by atoms with E-state index in [-0.39, 0.29) is 0 Å². The number of benzene rings is 3. The Labute approximate surface area is 186 Å². The van der Waals surface area contributed by atoms with Gasteiger partial charge in [0, 0.05) is 28.5 Å². The van der Waals surface area contributed by atoms with Crippen LogP contribution in [-0.4, -0.2) is 0 Å². The molecule has 5 rings (SSSR count). The van der Waals surface area contributed by atoms with Crippen molar-refractivity contribution in [3.8, 4) is 28.5 Å². The van der Waals surface area contributed by atoms with Gasteiger partial charge in [-0.3, -0.25) is 0 Å². The molecule has 0 saturated carbocycles. The average molecular weight is 414 g/mol. The summed E-state index contributed by atoms with van der Waals surface area (Å²) in [5.41, 5.74) is 8.68. The minimum atomic E-state index is 0.570. The zero-order valence-corrected chi connectivity index (χ0v) is 18.1. The van der Waals surface area contributed by atoms with Crippen LogP contribution in [0.3, 0.4) is 0 Å². The van der Waals surface area contributed by atoms with Crippen molar-refractivity contribution in [3.05, 3.63) is 95.0 Å². The second-order valence-corrected chi connectivity index (χ2v) is 8.02. The molecule has 32 heavy (non-hydrogen) atoms. The topological polar surface area (TPSA) is 45.2 Å². The smallest absolute Gasteiger partial charge is 0.216 e. The molecule has 0 atom stereocenters. The van der Waals surface area contributed by atoms with Crippen LogP contribution >= 0.6 is 0 Å². The van der Waals surface area contributed by atoms with Gasteiger partial charge in [0.05, 0.1) is 23.8 Å². The van der Waals surface area contributed by atoms with E-state index in [0.717, 1.165) is 49.9 Å². The zero-order chi connectivity index (χ0) is 22.4. The van der Waals surface area contributed by atoms with Crippen LogP contribution < -0.4 is 4.57 Å². The predicted molar refractivity (Wildman–Crippen MR) is 126 cm³/mol. The Morgan fingerprint density at radius 3 is 2.53 bits per heavy atom. The molecule has 0 bridgehead atoms. The first-order valence-corrected chi connectivity index (χ1v) is 10.4. The Balaban J connectivity index is 1.90. The van der Waals surface area contributed by atoms with Crippen molar-refractivity contribution in [2.24, 2.45) is 7.05 Å². The summed E-state index contributed by atoms with van der Waals surface area (Å²) in [6.07, 6.45) is 2.02. The number of rotatable bonds is 2. The number of fused-ring (bicyclic) bond motifs is 3. The van der Waals surface area contributed by atoms with Gasteiger partial charge in [-0.2, -0.15) is 5.26 Å². The molecule has 4 heteroatoms. The highest BCUT2D eigenvalue weighted by Crippen LogP contribution is 2.44. The Kier molecular flexibility index (Phi) is 4.51. The van der Waals surface area contributed by atoms with Gasteiger partial charge in [0.25, 0.3) is 0 Å². The van der Waals surface area contributed by atoms with Crippen LogP contribution in [0.2, 0.25) is 0 Å². The Bertz CT molecular complexity index is 1630. The number of hydrogen-bond acceptors (Lipinski definition) is 2. The number of furan rings is 1. The normalized spacial score (nSPS) is 10.9. The van der Waals surface area contributed by atoms with E-state index in [4.69, 9.17) is 11.0 Å². The fraction of sp³-hybridized carbons (Fsp3) is 0.107. The minimum absolute atomic E-state index is 0.570. The molecule has 0 fully saturated rings. The van der Waals surface area contributed by atoms with Gasteiger partial charge in [-0.25, -0.2) is 9.41 Å². The maximum Gasteiger partial charge on any atom is 0.216 e. The monoisotopic (exact) mass is 414 g/mol. The number of nitriles is 1. The molecule has 2 aromatic heterocycles. The summed E-state index contributed by atoms with van der Waals surface area (Å²) in [5.74, 6) is 0. The van der Waals surface area contributed by atoms with Crippen molar-refractivity contribution in [1.29, 1.82) is 5.26 Å². The lowest BCUT2D eigenvalue weighted by molar-refractivity contribution is -0.660. The van der Waals surface area contributed by atoms with E-state index in [2.05, 4.69) is 34.5 Å². The predicted octanol–water partition coefficient (Wildman–Crippen LogP) is 6.78. The molecule has 0 saturated heterocycles. The maximum atomic E-state index is 9.30. The fourth-order valence-electron chi connectivity index (χ4n) is 4.40. The van der Waals surface area contributed by atoms with E-state index >= 15 is 0 Å². The molecule has 4 nitrogen and oxygen atoms in total. The number of aromatic nitrogens is 1. The van der Waals surface area contributed by atoms with Crippen molar-refractivity contribution in [3.63, 3.8) is 0 Å². The summed E-state index contributed by atoms with van der Waals surface area (Å²) in [5, 5.41) is 11.1. The molecule has 3 aromatic carbocycles. The molecule has 0 radical (unpaired) electrons. The van der Waals surface area contributed by atoms with Crippen molar-refractivity contribution >= 4 is 27.6 Å². The second-order valence-electron chi connectivity index (χ2n) is 8.02. The Morgan fingerprint density at radius 2 is 1.81 bits per heavy atom. The fourth-order valence-corrected chi connectivity index (χ4v) is 4.40. The third-order valence-electron chi connectivity index (χ3n) is 6.06. The van der Waals surface area contributed by atoms with Crippen LogP contribution in [0.5, 0.6) is 0 Å². The van der Waals surface area contributed by atoms with Crippen LogP contribution in [0.25, 0.3) is 49.2 Å². The second kappa shape index (κ2) is 7.38. The molecular weight excluding hydrogens is 394 g/mol. The van der Waals surface area contributed by atoms with Crippen molar-refractivity contribution in [1.82, 2.24) is 0 Å². The lowest BCUT2D eigenvalue weighted by Gasteiger charge is -2.06. The van der Waals surface area contributed by atoms with Gasteiger partial charge in [0.1, 0.15) is 18.2 Å². The molecule has 5 aromatic rings. The van der Waals surface area contributed by atoms with E-state index in [9.17, 15) is 5.26 Å². The summed E-state index contributed by atoms with van der Waals surface area (Å²) in [6.45, 7) is 11.8. The van der Waals surface area contributed by atoms with Crippen molar-refractivity contribution < 1.29 is 8.98 Å². The minimum Gasteiger partial charge on any atom is -0.456 e. The summed E-state index contributed by atoms with van der Waals surface area (Å²) >= 11 is 0. The van der Waals surface area contributed by atoms with Crippen molar-refractivity contribution in [2.45, 2.75) is 13.8 Å². The standard InChI is InChI=1S/C28H20N3O/c1-17-8-11-22-26-23(30-3)13-12-21(19-9-10-20(16-29)18(2)15-19)27(26)32-28(22)25(17)24-7-5-6-14-31(24)4/h5-15H,1-2,4H3/q+1. The highest BCUT2D eigenvalue weighted by molar-refractivity contribution is 6.18. The molecular formula is C28H20N3O+. The number of aryl methyl sites for hydroxylation is 3. The van der Waals surface area contributed by atoms with Gasteiger partial charge in [-0.15, -0.1) is 0 Å². The summed E-state index contributed by atoms with van der Waals surface area (Å²) in [6, 6.07) is 22.0. The number of pyridine rings is 1. The lowest BCUT2D eigenvalue weighted by atomic mass is 9.96. The van der Waals surface area contributed by atoms with Gasteiger partial charge < -0.3 is 4.42 Å². The molecule has 0 unspecified atom stereocenters. The average Bonchev–Trinajstić information content (AvgIpc) is 3.19. The first kappa shape index (κ1) is 19.5. The van der Waals surface area contributed by atoms with Gasteiger partial charge in [-0.05, 0) is 48.7 Å². The Morgan fingerprint density at radius 1 is 0.969 bits per heavy atom. The van der Waals surface area contributed by atoms with Crippen LogP contribution in [0.4, 0.5) is 5.69 Å². The number of hydrogen-bond donors (Lipinski definition) is 0. The van der Waals surface area contributed by atoms with E-state index in [1.165, 1.54) is 0 Å². The van der Waals surface area contributed by atoms with Crippen molar-refractivity contribution in [2.75, 3.05) is 0 Å². The summed E-state index contributed by atoms with van der Waals surface area (Å²) in [7, 11) is 2.02. The highest BCUT2D eigenvalue weighted by atomic mass is 16.3. The Hall–Kier alpha value is -4.41. The maximum absolute atomic E-state index is 9.30. The van der Waals surface area contributed by atoms with E-state index in [0.29, 0.717) is 16.8 Å². The van der Waals surface area contributed by atoms with Gasteiger partial charge in [0.15, 0.2) is 11.9 Å². The number of nitrogens with zero attached hydrogens (tertiary/aromatic N) is 3. The summed E-state index contributed by atoms with van der Waals surface area (Å²) < 4.78 is 8.66. The molecule has 0 spiro atoms. The largest absolute Gasteiger partial charge is 0.456 e. The first-order valence-electron chi connectivity index (χ1n) is 10.4. The molecule has 0 aliphatic heterocycles. The van der Waals surface area contributed by atoms with E-state index in [1.54, 1.807) is 0 Å². The van der Waals surface area contributed by atoms with E-state index < -0.39 is 0 Å². The third-order valence-corrected chi connectivity index (χ3v) is 6.06. The molecule has 0 aliphatic rings. The van der Waals surface area contributed by atoms with Crippen LogP contribution in [0.15, 0.2) is 71.3 Å².